The lowest BCUT2D eigenvalue weighted by atomic mass is 10.1. The van der Waals surface area contributed by atoms with Crippen LogP contribution in [0.5, 0.6) is 0 Å². The van der Waals surface area contributed by atoms with Gasteiger partial charge in [-0.2, -0.15) is 0 Å². The highest BCUT2D eigenvalue weighted by molar-refractivity contribution is 7.92. The monoisotopic (exact) mass is 319 g/mol. The number of amides is 1. The Bertz CT molecular complexity index is 571. The highest BCUT2D eigenvalue weighted by Gasteiger charge is 2.23. The van der Waals surface area contributed by atoms with E-state index in [4.69, 9.17) is 0 Å². The van der Waals surface area contributed by atoms with Gasteiger partial charge in [-0.05, 0) is 25.1 Å². The number of anilines is 2. The standard InChI is InChI=1S/C12H17N3O3S.ClH/c1-19(17,18)15-11-5-3-2-4-10(11)14-12(16)9-6-7-13-8-9;/h2-5,9,13,15H,6-8H2,1H3,(H,14,16);1H. The zero-order chi connectivity index (χ0) is 13.9. The number of sulfonamides is 1. The molecule has 1 heterocycles. The Balaban J connectivity index is 0.00000200. The third-order valence-corrected chi connectivity index (χ3v) is 3.50. The Hall–Kier alpha value is -1.31. The van der Waals surface area contributed by atoms with Crippen molar-refractivity contribution in [2.24, 2.45) is 5.92 Å². The van der Waals surface area contributed by atoms with Crippen molar-refractivity contribution < 1.29 is 13.2 Å². The number of rotatable bonds is 4. The van der Waals surface area contributed by atoms with Crippen LogP contribution in [0.1, 0.15) is 6.42 Å². The minimum atomic E-state index is -3.37. The van der Waals surface area contributed by atoms with E-state index >= 15 is 0 Å². The van der Waals surface area contributed by atoms with E-state index in [9.17, 15) is 13.2 Å². The molecule has 0 aromatic heterocycles. The number of hydrogen-bond donors (Lipinski definition) is 3. The Labute approximate surface area is 124 Å². The summed E-state index contributed by atoms with van der Waals surface area (Å²) in [4.78, 5) is 12.0. The van der Waals surface area contributed by atoms with Crippen LogP contribution in [0.2, 0.25) is 0 Å². The molecule has 1 atom stereocenters. The van der Waals surface area contributed by atoms with Gasteiger partial charge in [-0.15, -0.1) is 12.4 Å². The predicted octanol–water partition coefficient (Wildman–Crippen LogP) is 1.03. The second-order valence-electron chi connectivity index (χ2n) is 4.60. The molecule has 112 valence electrons. The fraction of sp³-hybridized carbons (Fsp3) is 0.417. The average Bonchev–Trinajstić information content (AvgIpc) is 2.83. The van der Waals surface area contributed by atoms with Gasteiger partial charge in [0.1, 0.15) is 0 Å². The number of carbonyl (C=O) groups is 1. The highest BCUT2D eigenvalue weighted by Crippen LogP contribution is 2.23. The molecule has 1 aliphatic rings. The van der Waals surface area contributed by atoms with E-state index in [-0.39, 0.29) is 24.2 Å². The van der Waals surface area contributed by atoms with Gasteiger partial charge in [-0.1, -0.05) is 12.1 Å². The Kier molecular flexibility index (Phi) is 5.79. The van der Waals surface area contributed by atoms with Gasteiger partial charge in [0.2, 0.25) is 15.9 Å². The van der Waals surface area contributed by atoms with Crippen molar-refractivity contribution in [2.75, 3.05) is 29.4 Å². The first-order valence-corrected chi connectivity index (χ1v) is 7.93. The molecule has 1 saturated heterocycles. The van der Waals surface area contributed by atoms with Gasteiger partial charge >= 0.3 is 0 Å². The van der Waals surface area contributed by atoms with E-state index in [1.165, 1.54) is 0 Å². The van der Waals surface area contributed by atoms with Crippen LogP contribution in [0.3, 0.4) is 0 Å². The second-order valence-corrected chi connectivity index (χ2v) is 6.35. The highest BCUT2D eigenvalue weighted by atomic mass is 35.5. The van der Waals surface area contributed by atoms with Crippen molar-refractivity contribution in [2.45, 2.75) is 6.42 Å². The first kappa shape index (κ1) is 16.7. The third-order valence-electron chi connectivity index (χ3n) is 2.91. The van der Waals surface area contributed by atoms with Gasteiger partial charge in [0.15, 0.2) is 0 Å². The van der Waals surface area contributed by atoms with Crippen molar-refractivity contribution in [3.8, 4) is 0 Å². The van der Waals surface area contributed by atoms with E-state index in [0.29, 0.717) is 17.9 Å². The number of carbonyl (C=O) groups excluding carboxylic acids is 1. The van der Waals surface area contributed by atoms with Crippen LogP contribution in [0.15, 0.2) is 24.3 Å². The molecule has 0 saturated carbocycles. The van der Waals surface area contributed by atoms with Crippen molar-refractivity contribution in [3.63, 3.8) is 0 Å². The smallest absolute Gasteiger partial charge is 0.229 e. The molecule has 1 aliphatic heterocycles. The van der Waals surface area contributed by atoms with Crippen LogP contribution in [-0.2, 0) is 14.8 Å². The summed E-state index contributed by atoms with van der Waals surface area (Å²) < 4.78 is 24.9. The van der Waals surface area contributed by atoms with Gasteiger partial charge < -0.3 is 10.6 Å². The fourth-order valence-electron chi connectivity index (χ4n) is 1.99. The van der Waals surface area contributed by atoms with Crippen molar-refractivity contribution in [3.05, 3.63) is 24.3 Å². The summed E-state index contributed by atoms with van der Waals surface area (Å²) in [5.41, 5.74) is 0.856. The molecule has 8 heteroatoms. The summed E-state index contributed by atoms with van der Waals surface area (Å²) >= 11 is 0. The van der Waals surface area contributed by atoms with Crippen LogP contribution in [-0.4, -0.2) is 33.7 Å². The molecule has 1 fully saturated rings. The van der Waals surface area contributed by atoms with Gasteiger partial charge in [0.05, 0.1) is 23.5 Å². The lowest BCUT2D eigenvalue weighted by Crippen LogP contribution is -2.25. The normalized spacial score (nSPS) is 18.1. The molecule has 1 unspecified atom stereocenters. The minimum Gasteiger partial charge on any atom is -0.324 e. The summed E-state index contributed by atoms with van der Waals surface area (Å²) in [5.74, 6) is -0.154. The molecule has 0 radical (unpaired) electrons. The fourth-order valence-corrected chi connectivity index (χ4v) is 2.57. The Morgan fingerprint density at radius 3 is 2.50 bits per heavy atom. The van der Waals surface area contributed by atoms with Crippen LogP contribution in [0.25, 0.3) is 0 Å². The summed E-state index contributed by atoms with van der Waals surface area (Å²) in [7, 11) is -3.37. The minimum absolute atomic E-state index is 0. The SMILES string of the molecule is CS(=O)(=O)Nc1ccccc1NC(=O)C1CCNC1.Cl. The zero-order valence-corrected chi connectivity index (χ0v) is 12.7. The maximum Gasteiger partial charge on any atom is 0.229 e. The summed E-state index contributed by atoms with van der Waals surface area (Å²) in [6, 6.07) is 6.74. The topological polar surface area (TPSA) is 87.3 Å². The molecular formula is C12H18ClN3O3S. The number of para-hydroxylation sites is 2. The van der Waals surface area contributed by atoms with E-state index < -0.39 is 10.0 Å². The second kappa shape index (κ2) is 6.92. The summed E-state index contributed by atoms with van der Waals surface area (Å²) in [6.45, 7) is 1.49. The molecule has 0 aliphatic carbocycles. The quantitative estimate of drug-likeness (QED) is 0.773. The maximum atomic E-state index is 12.0. The molecule has 1 aromatic rings. The van der Waals surface area contributed by atoms with E-state index in [0.717, 1.165) is 19.2 Å². The van der Waals surface area contributed by atoms with Crippen molar-refractivity contribution >= 4 is 39.7 Å². The number of halogens is 1. The van der Waals surface area contributed by atoms with Gasteiger partial charge in [-0.3, -0.25) is 9.52 Å². The maximum absolute atomic E-state index is 12.0. The summed E-state index contributed by atoms with van der Waals surface area (Å²) in [5, 5.41) is 5.89. The number of hydrogen-bond acceptors (Lipinski definition) is 4. The first-order chi connectivity index (χ1) is 8.96. The Morgan fingerprint density at radius 2 is 1.95 bits per heavy atom. The van der Waals surface area contributed by atoms with Gasteiger partial charge in [-0.25, -0.2) is 8.42 Å². The third kappa shape index (κ3) is 4.66. The molecule has 3 N–H and O–H groups in total. The average molecular weight is 320 g/mol. The zero-order valence-electron chi connectivity index (χ0n) is 11.0. The van der Waals surface area contributed by atoms with Crippen LogP contribution < -0.4 is 15.4 Å². The van der Waals surface area contributed by atoms with Crippen molar-refractivity contribution in [1.29, 1.82) is 0 Å². The van der Waals surface area contributed by atoms with Crippen LogP contribution in [0.4, 0.5) is 11.4 Å². The number of nitrogens with one attached hydrogen (secondary N) is 3. The molecule has 20 heavy (non-hydrogen) atoms. The van der Waals surface area contributed by atoms with E-state index in [1.807, 2.05) is 0 Å². The van der Waals surface area contributed by atoms with Gasteiger partial charge in [0.25, 0.3) is 0 Å². The summed E-state index contributed by atoms with van der Waals surface area (Å²) in [6.07, 6.45) is 1.87. The van der Waals surface area contributed by atoms with Crippen molar-refractivity contribution in [1.82, 2.24) is 5.32 Å². The Morgan fingerprint density at radius 1 is 1.30 bits per heavy atom. The molecule has 0 spiro atoms. The molecule has 1 amide bonds. The van der Waals surface area contributed by atoms with Gasteiger partial charge in [0, 0.05) is 6.54 Å². The lowest BCUT2D eigenvalue weighted by Gasteiger charge is -2.14. The molecule has 2 rings (SSSR count). The van der Waals surface area contributed by atoms with E-state index in [2.05, 4.69) is 15.4 Å². The number of benzene rings is 1. The molecule has 6 nitrogen and oxygen atoms in total. The molecular weight excluding hydrogens is 302 g/mol. The van der Waals surface area contributed by atoms with E-state index in [1.54, 1.807) is 24.3 Å². The molecule has 1 aromatic carbocycles. The van der Waals surface area contributed by atoms with Crippen LogP contribution in [0, 0.1) is 5.92 Å². The largest absolute Gasteiger partial charge is 0.324 e. The predicted molar refractivity (Wildman–Crippen MR) is 81.8 cm³/mol. The lowest BCUT2D eigenvalue weighted by molar-refractivity contribution is -0.119. The van der Waals surface area contributed by atoms with Crippen LogP contribution >= 0.6 is 12.4 Å². The molecule has 0 bridgehead atoms. The first-order valence-electron chi connectivity index (χ1n) is 6.04.